The molecule has 2 aromatic carbocycles. The first kappa shape index (κ1) is 19.9. The largest absolute Gasteiger partial charge is 0.482 e. The fourth-order valence-corrected chi connectivity index (χ4v) is 2.66. The highest BCUT2D eigenvalue weighted by atomic mass is 35.5. The summed E-state index contributed by atoms with van der Waals surface area (Å²) in [5, 5.41) is 0.729. The molecule has 0 spiro atoms. The first-order valence-electron chi connectivity index (χ1n) is 8.32. The number of nitrogens with zero attached hydrogens (tertiary/aromatic N) is 1. The Morgan fingerprint density at radius 2 is 2.00 bits per heavy atom. The average molecular weight is 420 g/mol. The molecule has 0 radical (unpaired) electrons. The number of hydrogen-bond donors (Lipinski definition) is 0. The van der Waals surface area contributed by atoms with Crippen molar-refractivity contribution < 1.29 is 23.8 Å². The van der Waals surface area contributed by atoms with Crippen molar-refractivity contribution in [2.45, 2.75) is 6.92 Å². The highest BCUT2D eigenvalue weighted by Gasteiger charge is 2.24. The summed E-state index contributed by atoms with van der Waals surface area (Å²) in [5.41, 5.74) is 1.33. The Kier molecular flexibility index (Phi) is 6.34. The summed E-state index contributed by atoms with van der Waals surface area (Å²) in [6.07, 6.45) is 1.56. The van der Waals surface area contributed by atoms with Gasteiger partial charge in [-0.15, -0.1) is 0 Å². The van der Waals surface area contributed by atoms with Crippen LogP contribution in [0.4, 0.5) is 0 Å². The standard InChI is InChI=1S/C20H15Cl2NO5/c1-2-26-18(24)11-27-14-5-3-4-12(8-14)9-17-20(25)28-19(23-17)13-6-7-15(21)16(22)10-13/h3-10H,2,11H2,1H3/b17-9-. The number of carbonyl (C=O) groups excluding carboxylic acids is 2. The van der Waals surface area contributed by atoms with Crippen LogP contribution in [0.2, 0.25) is 10.0 Å². The van der Waals surface area contributed by atoms with Crippen LogP contribution >= 0.6 is 23.2 Å². The second kappa shape index (κ2) is 8.91. The van der Waals surface area contributed by atoms with Gasteiger partial charge >= 0.3 is 11.9 Å². The topological polar surface area (TPSA) is 74.2 Å². The van der Waals surface area contributed by atoms with Gasteiger partial charge in [-0.25, -0.2) is 14.6 Å². The molecule has 0 bridgehead atoms. The molecule has 2 aromatic rings. The van der Waals surface area contributed by atoms with Gasteiger partial charge in [0.05, 0.1) is 16.7 Å². The molecule has 1 aliphatic rings. The third-order valence-electron chi connectivity index (χ3n) is 3.61. The van der Waals surface area contributed by atoms with Crippen molar-refractivity contribution in [3.05, 3.63) is 69.3 Å². The maximum atomic E-state index is 12.1. The molecule has 1 heterocycles. The van der Waals surface area contributed by atoms with Gasteiger partial charge in [0.25, 0.3) is 0 Å². The van der Waals surface area contributed by atoms with Gasteiger partial charge in [-0.2, -0.15) is 0 Å². The lowest BCUT2D eigenvalue weighted by molar-refractivity contribution is -0.145. The zero-order valence-corrected chi connectivity index (χ0v) is 16.3. The van der Waals surface area contributed by atoms with Crippen LogP contribution in [0.3, 0.4) is 0 Å². The monoisotopic (exact) mass is 419 g/mol. The molecule has 0 N–H and O–H groups in total. The van der Waals surface area contributed by atoms with Gasteiger partial charge in [0.2, 0.25) is 5.90 Å². The third-order valence-corrected chi connectivity index (χ3v) is 4.35. The van der Waals surface area contributed by atoms with Crippen molar-refractivity contribution in [2.24, 2.45) is 4.99 Å². The fraction of sp³-hybridized carbons (Fsp3) is 0.150. The van der Waals surface area contributed by atoms with Gasteiger partial charge in [-0.1, -0.05) is 35.3 Å². The average Bonchev–Trinajstić information content (AvgIpc) is 3.03. The summed E-state index contributed by atoms with van der Waals surface area (Å²) in [7, 11) is 0. The lowest BCUT2D eigenvalue weighted by Crippen LogP contribution is -2.14. The van der Waals surface area contributed by atoms with Gasteiger partial charge in [-0.3, -0.25) is 0 Å². The van der Waals surface area contributed by atoms with Crippen LogP contribution in [0.1, 0.15) is 18.1 Å². The van der Waals surface area contributed by atoms with Crippen molar-refractivity contribution >= 4 is 47.1 Å². The van der Waals surface area contributed by atoms with E-state index in [4.69, 9.17) is 37.4 Å². The zero-order valence-electron chi connectivity index (χ0n) is 14.8. The Labute approximate surface area is 171 Å². The first-order valence-corrected chi connectivity index (χ1v) is 9.08. The van der Waals surface area contributed by atoms with Gasteiger partial charge in [-0.05, 0) is 48.9 Å². The highest BCUT2D eigenvalue weighted by molar-refractivity contribution is 6.42. The molecule has 8 heteroatoms. The molecule has 0 unspecified atom stereocenters. The molecular formula is C20H15Cl2NO5. The Hall–Kier alpha value is -2.83. The van der Waals surface area contributed by atoms with Crippen LogP contribution in [0, 0.1) is 0 Å². The van der Waals surface area contributed by atoms with E-state index in [0.717, 1.165) is 0 Å². The molecule has 0 fully saturated rings. The van der Waals surface area contributed by atoms with Crippen molar-refractivity contribution in [2.75, 3.05) is 13.2 Å². The minimum atomic E-state index is -0.584. The lowest BCUT2D eigenvalue weighted by Gasteiger charge is -2.06. The smallest absolute Gasteiger partial charge is 0.363 e. The number of rotatable bonds is 6. The molecular weight excluding hydrogens is 405 g/mol. The molecule has 0 saturated heterocycles. The predicted octanol–water partition coefficient (Wildman–Crippen LogP) is 4.28. The van der Waals surface area contributed by atoms with Crippen molar-refractivity contribution in [3.63, 3.8) is 0 Å². The lowest BCUT2D eigenvalue weighted by atomic mass is 10.2. The number of hydrogen-bond acceptors (Lipinski definition) is 6. The van der Waals surface area contributed by atoms with Crippen LogP contribution < -0.4 is 4.74 Å². The second-order valence-electron chi connectivity index (χ2n) is 5.63. The van der Waals surface area contributed by atoms with Crippen LogP contribution in [0.25, 0.3) is 6.08 Å². The van der Waals surface area contributed by atoms with Gasteiger partial charge in [0.1, 0.15) is 5.75 Å². The number of carbonyl (C=O) groups is 2. The molecule has 0 atom stereocenters. The molecule has 28 heavy (non-hydrogen) atoms. The van der Waals surface area contributed by atoms with Crippen molar-refractivity contribution in [1.82, 2.24) is 0 Å². The van der Waals surface area contributed by atoms with E-state index >= 15 is 0 Å². The Morgan fingerprint density at radius 1 is 1.18 bits per heavy atom. The molecule has 3 rings (SSSR count). The molecule has 144 valence electrons. The number of aliphatic imine (C=N–C) groups is 1. The second-order valence-corrected chi connectivity index (χ2v) is 6.45. The van der Waals surface area contributed by atoms with Crippen LogP contribution in [-0.4, -0.2) is 31.1 Å². The van der Waals surface area contributed by atoms with E-state index in [-0.39, 0.29) is 24.8 Å². The maximum absolute atomic E-state index is 12.1. The highest BCUT2D eigenvalue weighted by Crippen LogP contribution is 2.26. The van der Waals surface area contributed by atoms with Gasteiger partial charge < -0.3 is 14.2 Å². The van der Waals surface area contributed by atoms with E-state index in [1.54, 1.807) is 55.5 Å². The van der Waals surface area contributed by atoms with E-state index in [9.17, 15) is 9.59 Å². The zero-order chi connectivity index (χ0) is 20.1. The Morgan fingerprint density at radius 3 is 2.75 bits per heavy atom. The van der Waals surface area contributed by atoms with Crippen LogP contribution in [0.5, 0.6) is 5.75 Å². The maximum Gasteiger partial charge on any atom is 0.363 e. The van der Waals surface area contributed by atoms with Crippen molar-refractivity contribution in [3.8, 4) is 5.75 Å². The number of esters is 2. The summed E-state index contributed by atoms with van der Waals surface area (Å²) in [6, 6.07) is 11.7. The third kappa shape index (κ3) is 4.91. The number of benzene rings is 2. The first-order chi connectivity index (χ1) is 13.5. The van der Waals surface area contributed by atoms with E-state index in [0.29, 0.717) is 26.9 Å². The summed E-state index contributed by atoms with van der Waals surface area (Å²) in [6.45, 7) is 1.81. The molecule has 0 amide bonds. The molecule has 6 nitrogen and oxygen atoms in total. The molecule has 0 saturated carbocycles. The summed E-state index contributed by atoms with van der Waals surface area (Å²) in [5.74, 6) is -0.438. The summed E-state index contributed by atoms with van der Waals surface area (Å²) >= 11 is 11.9. The molecule has 0 aliphatic carbocycles. The van der Waals surface area contributed by atoms with Gasteiger partial charge in [0, 0.05) is 5.56 Å². The summed E-state index contributed by atoms with van der Waals surface area (Å²) in [4.78, 5) is 27.7. The van der Waals surface area contributed by atoms with E-state index < -0.39 is 11.9 Å². The minimum Gasteiger partial charge on any atom is -0.482 e. The number of ether oxygens (including phenoxy) is 3. The quantitative estimate of drug-likeness (QED) is 0.515. The van der Waals surface area contributed by atoms with E-state index in [2.05, 4.69) is 4.99 Å². The Balaban J connectivity index is 1.78. The fourth-order valence-electron chi connectivity index (χ4n) is 2.36. The molecule has 0 aromatic heterocycles. The van der Waals surface area contributed by atoms with E-state index in [1.807, 2.05) is 0 Å². The van der Waals surface area contributed by atoms with Crippen LogP contribution in [-0.2, 0) is 19.1 Å². The van der Waals surface area contributed by atoms with Gasteiger partial charge in [0.15, 0.2) is 12.3 Å². The minimum absolute atomic E-state index is 0.128. The van der Waals surface area contributed by atoms with E-state index in [1.165, 1.54) is 0 Å². The van der Waals surface area contributed by atoms with Crippen LogP contribution in [0.15, 0.2) is 53.2 Å². The predicted molar refractivity (Wildman–Crippen MR) is 106 cm³/mol. The normalized spacial score (nSPS) is 14.6. The Bertz CT molecular complexity index is 984. The molecule has 1 aliphatic heterocycles. The summed E-state index contributed by atoms with van der Waals surface area (Å²) < 4.78 is 15.4. The van der Waals surface area contributed by atoms with Crippen molar-refractivity contribution in [1.29, 1.82) is 0 Å². The number of halogens is 2. The number of cyclic esters (lactones) is 1. The SMILES string of the molecule is CCOC(=O)COc1cccc(/C=C2\N=C(c3ccc(Cl)c(Cl)c3)OC2=O)c1.